The fourth-order valence-electron chi connectivity index (χ4n) is 8.59. The van der Waals surface area contributed by atoms with Crippen molar-refractivity contribution in [3.63, 3.8) is 0 Å². The molecule has 5 aliphatic carbocycles. The van der Waals surface area contributed by atoms with Crippen molar-refractivity contribution in [1.29, 1.82) is 0 Å². The van der Waals surface area contributed by atoms with Crippen LogP contribution in [0.15, 0.2) is 29.7 Å². The Bertz CT molecular complexity index is 865. The van der Waals surface area contributed by atoms with E-state index in [4.69, 9.17) is 4.74 Å². The van der Waals surface area contributed by atoms with Crippen LogP contribution in [0, 0.1) is 34.0 Å². The van der Waals surface area contributed by atoms with Crippen LogP contribution < -0.4 is 0 Å². The van der Waals surface area contributed by atoms with Crippen LogP contribution in [0.5, 0.6) is 0 Å². The number of esters is 1. The van der Waals surface area contributed by atoms with E-state index in [1.807, 2.05) is 17.5 Å². The minimum Gasteiger partial charge on any atom is -0.461 e. The molecule has 4 nitrogen and oxygen atoms in total. The van der Waals surface area contributed by atoms with E-state index in [2.05, 4.69) is 20.4 Å². The monoisotopic (exact) mass is 444 g/mol. The second-order valence-corrected chi connectivity index (χ2v) is 12.0. The maximum Gasteiger partial charge on any atom is 0.348 e. The lowest BCUT2D eigenvalue weighted by Crippen LogP contribution is -2.70. The van der Waals surface area contributed by atoms with Crippen LogP contribution in [0.3, 0.4) is 0 Å². The van der Waals surface area contributed by atoms with E-state index >= 15 is 0 Å². The van der Waals surface area contributed by atoms with Crippen molar-refractivity contribution in [2.24, 2.45) is 34.0 Å². The van der Waals surface area contributed by atoms with Gasteiger partial charge in [-0.3, -0.25) is 0 Å². The molecule has 0 amide bonds. The molecule has 6 rings (SSSR count). The normalized spacial score (nSPS) is 46.3. The highest BCUT2D eigenvalue weighted by Crippen LogP contribution is 2.73. The van der Waals surface area contributed by atoms with E-state index in [0.717, 1.165) is 50.5 Å². The summed E-state index contributed by atoms with van der Waals surface area (Å²) in [6.45, 7) is 9.20. The highest BCUT2D eigenvalue weighted by molar-refractivity contribution is 7.11. The van der Waals surface area contributed by atoms with Crippen LogP contribution >= 0.6 is 11.3 Å². The standard InChI is InChI=1S/C26H36O4S/c1-4-25-10-6-9-24(3,15-30-23(29)18-7-5-12-31-18)19(25)14-21(27)26-11-8-17(13-20(25)26)16(2)22(26)28/h5,7,12,17,19-22,27-28H,2,4,6,8-11,13-15H2,1,3H3/t17?,19?,20?,21-,22+,24+,25-,26-/m1/s1. The lowest BCUT2D eigenvalue weighted by molar-refractivity contribution is -0.259. The van der Waals surface area contributed by atoms with Crippen LogP contribution in [-0.4, -0.2) is 35.0 Å². The fraction of sp³-hybridized carbons (Fsp3) is 0.731. The SMILES string of the molecule is C=C1C2CC[C@]3(C(C2)[C@]2(CC)CCC[C@@](C)(COC(=O)c4cccs4)C2C[C@H]3O)[C@H]1O. The predicted octanol–water partition coefficient (Wildman–Crippen LogP) is 5.21. The summed E-state index contributed by atoms with van der Waals surface area (Å²) in [5.74, 6) is 0.743. The van der Waals surface area contributed by atoms with Gasteiger partial charge in [0.1, 0.15) is 4.88 Å². The Balaban J connectivity index is 1.47. The lowest BCUT2D eigenvalue weighted by Gasteiger charge is -2.71. The van der Waals surface area contributed by atoms with E-state index in [1.54, 1.807) is 0 Å². The first-order valence-electron chi connectivity index (χ1n) is 12.0. The van der Waals surface area contributed by atoms with Crippen molar-refractivity contribution in [3.05, 3.63) is 34.5 Å². The molecule has 0 aliphatic heterocycles. The predicted molar refractivity (Wildman–Crippen MR) is 122 cm³/mol. The van der Waals surface area contributed by atoms with Gasteiger partial charge in [0.2, 0.25) is 0 Å². The molecule has 5 heteroatoms. The molecule has 170 valence electrons. The maximum absolute atomic E-state index is 12.6. The number of aliphatic hydroxyl groups is 2. The Kier molecular flexibility index (Phi) is 5.19. The van der Waals surface area contributed by atoms with Gasteiger partial charge < -0.3 is 14.9 Å². The van der Waals surface area contributed by atoms with Crippen molar-refractivity contribution in [3.8, 4) is 0 Å². The van der Waals surface area contributed by atoms with Crippen molar-refractivity contribution in [1.82, 2.24) is 0 Å². The largest absolute Gasteiger partial charge is 0.461 e. The first kappa shape index (κ1) is 21.7. The van der Waals surface area contributed by atoms with Crippen molar-refractivity contribution >= 4 is 17.3 Å². The maximum atomic E-state index is 12.6. The number of hydrogen-bond acceptors (Lipinski definition) is 5. The molecule has 5 fully saturated rings. The number of ether oxygens (including phenoxy) is 1. The summed E-state index contributed by atoms with van der Waals surface area (Å²) in [4.78, 5) is 13.2. The van der Waals surface area contributed by atoms with Gasteiger partial charge >= 0.3 is 5.97 Å². The minimum atomic E-state index is -0.589. The summed E-state index contributed by atoms with van der Waals surface area (Å²) in [6.07, 6.45) is 6.89. The van der Waals surface area contributed by atoms with E-state index in [9.17, 15) is 15.0 Å². The quantitative estimate of drug-likeness (QED) is 0.494. The average molecular weight is 445 g/mol. The Labute approximate surface area is 189 Å². The third-order valence-corrected chi connectivity index (χ3v) is 10.9. The van der Waals surface area contributed by atoms with E-state index < -0.39 is 17.6 Å². The highest BCUT2D eigenvalue weighted by atomic mass is 32.1. The first-order valence-corrected chi connectivity index (χ1v) is 12.9. The Hall–Kier alpha value is -1.17. The number of fused-ring (bicyclic) bond motifs is 3. The Morgan fingerprint density at radius 2 is 2.06 bits per heavy atom. The van der Waals surface area contributed by atoms with Gasteiger partial charge in [-0.2, -0.15) is 0 Å². The molecule has 2 N–H and O–H groups in total. The summed E-state index contributed by atoms with van der Waals surface area (Å²) >= 11 is 1.42. The third kappa shape index (κ3) is 2.88. The van der Waals surface area contributed by atoms with Crippen LogP contribution in [0.2, 0.25) is 0 Å². The highest BCUT2D eigenvalue weighted by Gasteiger charge is 2.70. The molecule has 2 bridgehead atoms. The summed E-state index contributed by atoms with van der Waals surface area (Å²) in [6, 6.07) is 3.69. The van der Waals surface area contributed by atoms with Crippen LogP contribution in [0.25, 0.3) is 0 Å². The first-order chi connectivity index (χ1) is 14.8. The van der Waals surface area contributed by atoms with Crippen molar-refractivity contribution in [2.45, 2.75) is 77.4 Å². The summed E-state index contributed by atoms with van der Waals surface area (Å²) in [5, 5.41) is 24.8. The number of hydrogen-bond donors (Lipinski definition) is 2. The Morgan fingerprint density at radius 3 is 2.77 bits per heavy atom. The molecule has 8 atom stereocenters. The molecule has 0 saturated heterocycles. The van der Waals surface area contributed by atoms with Gasteiger partial charge in [0.05, 0.1) is 18.8 Å². The van der Waals surface area contributed by atoms with E-state index in [-0.39, 0.29) is 16.8 Å². The van der Waals surface area contributed by atoms with Gasteiger partial charge in [0.25, 0.3) is 0 Å². The van der Waals surface area contributed by atoms with Crippen LogP contribution in [0.4, 0.5) is 0 Å². The second-order valence-electron chi connectivity index (χ2n) is 11.1. The number of carbonyl (C=O) groups is 1. The molecule has 3 unspecified atom stereocenters. The van der Waals surface area contributed by atoms with Gasteiger partial charge in [-0.15, -0.1) is 11.3 Å². The third-order valence-electron chi connectivity index (χ3n) is 10.1. The second kappa shape index (κ2) is 7.43. The van der Waals surface area contributed by atoms with Gasteiger partial charge in [-0.1, -0.05) is 32.9 Å². The number of carbonyl (C=O) groups excluding carboxylic acids is 1. The molecule has 0 radical (unpaired) electrons. The molecular formula is C26H36O4S. The van der Waals surface area contributed by atoms with Gasteiger partial charge in [0.15, 0.2) is 0 Å². The minimum absolute atomic E-state index is 0.0852. The number of thiophene rings is 1. The molecule has 1 aromatic rings. The smallest absolute Gasteiger partial charge is 0.348 e. The fourth-order valence-corrected chi connectivity index (χ4v) is 9.20. The molecule has 1 spiro atoms. The summed E-state index contributed by atoms with van der Waals surface area (Å²) < 4.78 is 5.86. The molecule has 1 aromatic heterocycles. The lowest BCUT2D eigenvalue weighted by atomic mass is 9.34. The van der Waals surface area contributed by atoms with E-state index in [1.165, 1.54) is 11.3 Å². The average Bonchev–Trinajstić information content (AvgIpc) is 3.31. The molecule has 0 aromatic carbocycles. The molecule has 1 heterocycles. The number of rotatable bonds is 4. The molecule has 5 aliphatic rings. The van der Waals surface area contributed by atoms with Crippen molar-refractivity contribution in [2.75, 3.05) is 6.61 Å². The van der Waals surface area contributed by atoms with Crippen LogP contribution in [0.1, 0.15) is 74.9 Å². The number of aliphatic hydroxyl groups excluding tert-OH is 2. The molecule has 31 heavy (non-hydrogen) atoms. The Morgan fingerprint density at radius 1 is 1.26 bits per heavy atom. The summed E-state index contributed by atoms with van der Waals surface area (Å²) in [5.41, 5.74) is 0.448. The van der Waals surface area contributed by atoms with Crippen molar-refractivity contribution < 1.29 is 19.7 Å². The summed E-state index contributed by atoms with van der Waals surface area (Å²) in [7, 11) is 0. The van der Waals surface area contributed by atoms with Crippen LogP contribution in [-0.2, 0) is 4.74 Å². The van der Waals surface area contributed by atoms with Gasteiger partial charge in [0, 0.05) is 10.8 Å². The van der Waals surface area contributed by atoms with Gasteiger partial charge in [-0.25, -0.2) is 4.79 Å². The van der Waals surface area contributed by atoms with E-state index in [0.29, 0.717) is 35.7 Å². The van der Waals surface area contributed by atoms with Gasteiger partial charge in [-0.05, 0) is 85.1 Å². The molecule has 5 saturated carbocycles. The zero-order chi connectivity index (χ0) is 22.0. The molecular weight excluding hydrogens is 408 g/mol. The topological polar surface area (TPSA) is 66.8 Å². The zero-order valence-electron chi connectivity index (χ0n) is 18.8. The zero-order valence-corrected chi connectivity index (χ0v) is 19.6.